The minimum atomic E-state index is -5.05. The number of fused-ring (bicyclic) bond motifs is 1. The first-order chi connectivity index (χ1) is 23.4. The highest BCUT2D eigenvalue weighted by Crippen LogP contribution is 2.37. The van der Waals surface area contributed by atoms with Gasteiger partial charge in [0.05, 0.1) is 22.6 Å². The molecule has 1 amide bonds. The molecule has 12 heteroatoms. The molecule has 1 atom stereocenters. The van der Waals surface area contributed by atoms with Crippen molar-refractivity contribution in [1.29, 1.82) is 5.26 Å². The second kappa shape index (κ2) is 13.9. The van der Waals surface area contributed by atoms with E-state index in [1.165, 1.54) is 4.90 Å². The summed E-state index contributed by atoms with van der Waals surface area (Å²) < 4.78 is 81.8. The van der Waals surface area contributed by atoms with Gasteiger partial charge in [-0.2, -0.15) is 31.6 Å². The van der Waals surface area contributed by atoms with Crippen molar-refractivity contribution >= 4 is 16.8 Å². The molecule has 2 fully saturated rings. The Balaban J connectivity index is 1.16. The number of benzene rings is 3. The zero-order chi connectivity index (χ0) is 34.8. The van der Waals surface area contributed by atoms with Crippen LogP contribution in [0.4, 0.5) is 26.3 Å². The maximum absolute atomic E-state index is 13.8. The summed E-state index contributed by atoms with van der Waals surface area (Å²) >= 11 is 0. The lowest BCUT2D eigenvalue weighted by molar-refractivity contribution is -0.143. The summed E-state index contributed by atoms with van der Waals surface area (Å²) in [6, 6.07) is 20.7. The van der Waals surface area contributed by atoms with Gasteiger partial charge >= 0.3 is 12.4 Å². The van der Waals surface area contributed by atoms with Gasteiger partial charge in [-0.25, -0.2) is 0 Å². The molecule has 6 rings (SSSR count). The first-order valence-electron chi connectivity index (χ1n) is 16.4. The number of carbonyl (C=O) groups is 1. The number of nitrogens with one attached hydrogen (secondary N) is 1. The van der Waals surface area contributed by atoms with Crippen LogP contribution in [-0.4, -0.2) is 77.4 Å². The van der Waals surface area contributed by atoms with Crippen molar-refractivity contribution in [2.75, 3.05) is 45.8 Å². The van der Waals surface area contributed by atoms with Gasteiger partial charge in [-0.3, -0.25) is 9.69 Å². The molecule has 6 nitrogen and oxygen atoms in total. The van der Waals surface area contributed by atoms with Gasteiger partial charge in [0.2, 0.25) is 0 Å². The predicted molar refractivity (Wildman–Crippen MR) is 174 cm³/mol. The number of aromatic amines is 1. The van der Waals surface area contributed by atoms with Gasteiger partial charge < -0.3 is 14.8 Å². The zero-order valence-corrected chi connectivity index (χ0v) is 26.8. The normalized spacial score (nSPS) is 19.2. The van der Waals surface area contributed by atoms with Crippen LogP contribution >= 0.6 is 0 Å². The number of para-hydroxylation sites is 1. The molecule has 2 aliphatic rings. The molecule has 2 saturated heterocycles. The number of alkyl halides is 6. The maximum Gasteiger partial charge on any atom is 0.416 e. The predicted octanol–water partition coefficient (Wildman–Crippen LogP) is 7.52. The van der Waals surface area contributed by atoms with Crippen molar-refractivity contribution in [1.82, 2.24) is 19.7 Å². The van der Waals surface area contributed by atoms with Crippen molar-refractivity contribution in [2.24, 2.45) is 0 Å². The molecule has 0 unspecified atom stereocenters. The molecule has 0 radical (unpaired) electrons. The van der Waals surface area contributed by atoms with Crippen LogP contribution < -0.4 is 0 Å². The summed E-state index contributed by atoms with van der Waals surface area (Å²) in [4.78, 5) is 23.0. The summed E-state index contributed by atoms with van der Waals surface area (Å²) in [5.41, 5.74) is -1.29. The van der Waals surface area contributed by atoms with Gasteiger partial charge in [-0.05, 0) is 87.3 Å². The van der Waals surface area contributed by atoms with E-state index in [2.05, 4.69) is 20.9 Å². The van der Waals surface area contributed by atoms with Gasteiger partial charge in [0.1, 0.15) is 0 Å². The lowest BCUT2D eigenvalue weighted by atomic mass is 9.74. The molecule has 3 heterocycles. The zero-order valence-electron chi connectivity index (χ0n) is 26.8. The Morgan fingerprint density at radius 2 is 1.47 bits per heavy atom. The van der Waals surface area contributed by atoms with Crippen LogP contribution in [0.25, 0.3) is 10.9 Å². The summed E-state index contributed by atoms with van der Waals surface area (Å²) in [7, 11) is 0. The SMILES string of the molecule is N#CC1(c2ccccc2)CCN(CCCN2CCN(C(=O)c3cc(C(F)(F)F)cc(C(F)(F)F)c3)[C@H](Cc3c[nH]c4ccccc34)C2)CC1. The molecule has 0 spiro atoms. The summed E-state index contributed by atoms with van der Waals surface area (Å²) in [5, 5.41) is 11.0. The number of halogens is 6. The number of rotatable bonds is 8. The monoisotopic (exact) mass is 681 g/mol. The van der Waals surface area contributed by atoms with E-state index >= 15 is 0 Å². The minimum Gasteiger partial charge on any atom is -0.361 e. The number of piperidine rings is 1. The number of amides is 1. The average molecular weight is 682 g/mol. The molecule has 258 valence electrons. The quantitative estimate of drug-likeness (QED) is 0.196. The van der Waals surface area contributed by atoms with Crippen LogP contribution in [-0.2, 0) is 24.2 Å². The van der Waals surface area contributed by atoms with Crippen LogP contribution in [0.3, 0.4) is 0 Å². The van der Waals surface area contributed by atoms with Crippen molar-refractivity contribution in [3.8, 4) is 6.07 Å². The van der Waals surface area contributed by atoms with Gasteiger partial charge in [0.15, 0.2) is 0 Å². The lowest BCUT2D eigenvalue weighted by Crippen LogP contribution is -2.56. The Morgan fingerprint density at radius 1 is 0.837 bits per heavy atom. The molecule has 1 N–H and O–H groups in total. The van der Waals surface area contributed by atoms with Crippen molar-refractivity contribution in [2.45, 2.75) is 49.5 Å². The topological polar surface area (TPSA) is 66.4 Å². The Labute approximate surface area is 280 Å². The van der Waals surface area contributed by atoms with Crippen LogP contribution in [0.1, 0.15) is 51.9 Å². The van der Waals surface area contributed by atoms with Gasteiger partial charge in [0.25, 0.3) is 5.91 Å². The van der Waals surface area contributed by atoms with Crippen molar-refractivity contribution in [3.63, 3.8) is 0 Å². The second-order valence-corrected chi connectivity index (χ2v) is 13.1. The number of likely N-dealkylation sites (tertiary alicyclic amines) is 1. The number of hydrogen-bond donors (Lipinski definition) is 1. The fourth-order valence-electron chi connectivity index (χ4n) is 7.26. The standard InChI is InChI=1S/C37H37F6N5O/c38-36(39,40)29-19-26(20-30(22-29)37(41,42)43)34(49)48-18-17-47(24-31(48)21-27-23-45-33-10-5-4-9-32(27)33)14-6-13-46-15-11-35(25-44,12-16-46)28-7-2-1-3-8-28/h1-5,7-10,19-20,22-23,31,45H,6,11-18,21,24H2/t31-/m1/s1. The molecular formula is C37H37F6N5O. The number of aromatic nitrogens is 1. The maximum atomic E-state index is 13.8. The van der Waals surface area contributed by atoms with E-state index in [9.17, 15) is 36.4 Å². The van der Waals surface area contributed by atoms with Gasteiger partial charge in [-0.1, -0.05) is 48.5 Å². The average Bonchev–Trinajstić information content (AvgIpc) is 3.50. The molecule has 2 aliphatic heterocycles. The third-order valence-electron chi connectivity index (χ3n) is 9.99. The summed E-state index contributed by atoms with van der Waals surface area (Å²) in [6.07, 6.45) is -5.57. The third kappa shape index (κ3) is 7.63. The Bertz CT molecular complexity index is 1770. The molecule has 3 aromatic carbocycles. The van der Waals surface area contributed by atoms with Crippen molar-refractivity contribution < 1.29 is 31.1 Å². The number of nitrogens with zero attached hydrogens (tertiary/aromatic N) is 4. The molecule has 1 aromatic heterocycles. The van der Waals surface area contributed by atoms with Crippen molar-refractivity contribution in [3.05, 3.63) is 107 Å². The van der Waals surface area contributed by atoms with E-state index in [1.807, 2.05) is 60.8 Å². The third-order valence-corrected chi connectivity index (χ3v) is 9.99. The second-order valence-electron chi connectivity index (χ2n) is 13.1. The van der Waals surface area contributed by atoms with E-state index in [4.69, 9.17) is 0 Å². The number of H-pyrrole nitrogens is 1. The molecule has 49 heavy (non-hydrogen) atoms. The van der Waals surface area contributed by atoms with E-state index in [1.54, 1.807) is 0 Å². The molecule has 0 bridgehead atoms. The Hall–Kier alpha value is -4.34. The van der Waals surface area contributed by atoms with E-state index in [0.717, 1.165) is 60.9 Å². The summed E-state index contributed by atoms with van der Waals surface area (Å²) in [6.45, 7) is 4.15. The van der Waals surface area contributed by atoms with Crippen LogP contribution in [0.5, 0.6) is 0 Å². The number of nitriles is 1. The van der Waals surface area contributed by atoms with E-state index in [-0.39, 0.29) is 12.6 Å². The Morgan fingerprint density at radius 3 is 2.12 bits per heavy atom. The lowest BCUT2D eigenvalue weighted by Gasteiger charge is -2.42. The highest BCUT2D eigenvalue weighted by Gasteiger charge is 2.40. The molecule has 4 aromatic rings. The highest BCUT2D eigenvalue weighted by atomic mass is 19.4. The molecule has 0 aliphatic carbocycles. The fourth-order valence-corrected chi connectivity index (χ4v) is 7.26. The van der Waals surface area contributed by atoms with E-state index in [0.29, 0.717) is 38.2 Å². The van der Waals surface area contributed by atoms with Gasteiger partial charge in [-0.15, -0.1) is 0 Å². The number of carbonyl (C=O) groups excluding carboxylic acids is 1. The van der Waals surface area contributed by atoms with E-state index < -0.39 is 46.4 Å². The molecular weight excluding hydrogens is 644 g/mol. The summed E-state index contributed by atoms with van der Waals surface area (Å²) in [5.74, 6) is -0.853. The highest BCUT2D eigenvalue weighted by molar-refractivity contribution is 5.95. The fraction of sp³-hybridized carbons (Fsp3) is 0.405. The number of hydrogen-bond acceptors (Lipinski definition) is 4. The first kappa shape index (κ1) is 34.5. The largest absolute Gasteiger partial charge is 0.416 e. The van der Waals surface area contributed by atoms with Crippen LogP contribution in [0.15, 0.2) is 79.0 Å². The smallest absolute Gasteiger partial charge is 0.361 e. The molecule has 0 saturated carbocycles. The van der Waals surface area contributed by atoms with Crippen LogP contribution in [0.2, 0.25) is 0 Å². The minimum absolute atomic E-state index is 0.0441. The first-order valence-corrected chi connectivity index (χ1v) is 16.4. The number of piperazine rings is 1. The van der Waals surface area contributed by atoms with Gasteiger partial charge in [0, 0.05) is 48.3 Å². The van der Waals surface area contributed by atoms with Crippen LogP contribution in [0, 0.1) is 11.3 Å². The Kier molecular flexibility index (Phi) is 9.78.